The minimum Gasteiger partial charge on any atom is -0.347 e. The lowest BCUT2D eigenvalue weighted by atomic mass is 10.1. The molecule has 0 spiro atoms. The van der Waals surface area contributed by atoms with E-state index in [0.29, 0.717) is 0 Å². The van der Waals surface area contributed by atoms with Gasteiger partial charge in [0.2, 0.25) is 0 Å². The van der Waals surface area contributed by atoms with E-state index in [1.807, 2.05) is 60.7 Å². The summed E-state index contributed by atoms with van der Waals surface area (Å²) < 4.78 is 2.29. The van der Waals surface area contributed by atoms with Gasteiger partial charge in [0.15, 0.2) is 0 Å². The smallest absolute Gasteiger partial charge is 0.326 e. The van der Waals surface area contributed by atoms with Crippen molar-refractivity contribution >= 4 is 28.3 Å². The van der Waals surface area contributed by atoms with Crippen molar-refractivity contribution in [1.29, 1.82) is 0 Å². The molecule has 31 heavy (non-hydrogen) atoms. The molecule has 1 heterocycles. The largest absolute Gasteiger partial charge is 0.347 e. The number of rotatable bonds is 7. The molecule has 1 aromatic heterocycles. The van der Waals surface area contributed by atoms with Crippen molar-refractivity contribution in [2.75, 3.05) is 4.90 Å². The summed E-state index contributed by atoms with van der Waals surface area (Å²) in [6.45, 7) is 5.20. The maximum Gasteiger partial charge on any atom is 0.326 e. The minimum absolute atomic E-state index is 0.0474. The number of anilines is 2. The molecule has 1 N–H and O–H groups in total. The van der Waals surface area contributed by atoms with Gasteiger partial charge in [0, 0.05) is 29.7 Å². The zero-order valence-electron chi connectivity index (χ0n) is 18.2. The molecular weight excluding hydrogens is 382 g/mol. The van der Waals surface area contributed by atoms with Gasteiger partial charge in [-0.1, -0.05) is 54.6 Å². The molecule has 1 unspecified atom stereocenters. The number of carbonyl (C=O) groups excluding carboxylic acids is 1. The van der Waals surface area contributed by atoms with Gasteiger partial charge in [-0.25, -0.2) is 4.79 Å². The maximum absolute atomic E-state index is 13.2. The Morgan fingerprint density at radius 1 is 0.903 bits per heavy atom. The molecule has 0 radical (unpaired) electrons. The highest BCUT2D eigenvalue weighted by atomic mass is 16.2. The number of fused-ring (bicyclic) bond motifs is 1. The van der Waals surface area contributed by atoms with E-state index in [4.69, 9.17) is 0 Å². The van der Waals surface area contributed by atoms with Gasteiger partial charge in [0.1, 0.15) is 0 Å². The highest BCUT2D eigenvalue weighted by Gasteiger charge is 2.19. The number of benzene rings is 3. The van der Waals surface area contributed by atoms with Crippen LogP contribution in [0.3, 0.4) is 0 Å². The predicted molar refractivity (Wildman–Crippen MR) is 129 cm³/mol. The van der Waals surface area contributed by atoms with Crippen LogP contribution in [0.15, 0.2) is 91.1 Å². The van der Waals surface area contributed by atoms with Crippen LogP contribution in [0.25, 0.3) is 10.9 Å². The Balaban J connectivity index is 1.47. The van der Waals surface area contributed by atoms with Gasteiger partial charge in [-0.2, -0.15) is 0 Å². The van der Waals surface area contributed by atoms with Gasteiger partial charge in [0.05, 0.1) is 11.4 Å². The third-order valence-corrected chi connectivity index (χ3v) is 5.66. The van der Waals surface area contributed by atoms with E-state index >= 15 is 0 Å². The lowest BCUT2D eigenvalue weighted by Gasteiger charge is -2.25. The summed E-state index contributed by atoms with van der Waals surface area (Å²) in [7, 11) is 0. The molecule has 4 heteroatoms. The third-order valence-electron chi connectivity index (χ3n) is 5.66. The summed E-state index contributed by atoms with van der Waals surface area (Å²) in [5, 5.41) is 4.50. The zero-order valence-corrected chi connectivity index (χ0v) is 18.2. The molecule has 158 valence electrons. The fraction of sp³-hybridized carbons (Fsp3) is 0.222. The molecular formula is C27H29N3O. The topological polar surface area (TPSA) is 37.3 Å². The molecule has 0 aliphatic carbocycles. The van der Waals surface area contributed by atoms with Crippen molar-refractivity contribution in [1.82, 2.24) is 9.88 Å². The average molecular weight is 412 g/mol. The van der Waals surface area contributed by atoms with E-state index < -0.39 is 0 Å². The third kappa shape index (κ3) is 4.64. The van der Waals surface area contributed by atoms with Crippen LogP contribution in [-0.4, -0.2) is 16.6 Å². The first kappa shape index (κ1) is 20.7. The number of hydrogen-bond donors (Lipinski definition) is 1. The van der Waals surface area contributed by atoms with Crippen LogP contribution >= 0.6 is 0 Å². The fourth-order valence-corrected chi connectivity index (χ4v) is 4.04. The molecule has 4 rings (SSSR count). The Kier molecular flexibility index (Phi) is 6.37. The molecule has 1 atom stereocenters. The van der Waals surface area contributed by atoms with Crippen LogP contribution in [0.4, 0.5) is 16.2 Å². The average Bonchev–Trinajstić information content (AvgIpc) is 3.17. The number of aryl methyl sites for hydroxylation is 2. The summed E-state index contributed by atoms with van der Waals surface area (Å²) in [6.07, 6.45) is 4.05. The van der Waals surface area contributed by atoms with Gasteiger partial charge < -0.3 is 9.88 Å². The highest BCUT2D eigenvalue weighted by Crippen LogP contribution is 2.26. The number of amides is 2. The summed E-state index contributed by atoms with van der Waals surface area (Å²) in [5.74, 6) is 0. The Bertz CT molecular complexity index is 1100. The van der Waals surface area contributed by atoms with Gasteiger partial charge in [-0.3, -0.25) is 4.90 Å². The van der Waals surface area contributed by atoms with E-state index in [1.54, 1.807) is 4.90 Å². The summed E-state index contributed by atoms with van der Waals surface area (Å²) in [6, 6.07) is 28.0. The zero-order chi connectivity index (χ0) is 21.6. The first-order valence-corrected chi connectivity index (χ1v) is 10.9. The first-order valence-electron chi connectivity index (χ1n) is 10.9. The van der Waals surface area contributed by atoms with Gasteiger partial charge in [0.25, 0.3) is 0 Å². The van der Waals surface area contributed by atoms with E-state index in [1.165, 1.54) is 16.5 Å². The van der Waals surface area contributed by atoms with Gasteiger partial charge >= 0.3 is 6.03 Å². The molecule has 0 fully saturated rings. The van der Waals surface area contributed by atoms with Crippen molar-refractivity contribution in [3.63, 3.8) is 0 Å². The molecule has 0 bridgehead atoms. The highest BCUT2D eigenvalue weighted by molar-refractivity contribution is 5.99. The monoisotopic (exact) mass is 411 g/mol. The number of urea groups is 1. The maximum atomic E-state index is 13.2. The van der Waals surface area contributed by atoms with E-state index in [-0.39, 0.29) is 12.1 Å². The van der Waals surface area contributed by atoms with Gasteiger partial charge in [-0.05, 0) is 62.6 Å². The Morgan fingerprint density at radius 3 is 2.10 bits per heavy atom. The number of nitrogens with zero attached hydrogens (tertiary/aromatic N) is 2. The molecule has 4 nitrogen and oxygen atoms in total. The SMILES string of the molecule is CCn1cc(CCC(C)NC(=O)N(c2ccccc2)c2ccccc2)c2ccccc21. The predicted octanol–water partition coefficient (Wildman–Crippen LogP) is 6.53. The number of para-hydroxylation sites is 3. The van der Waals surface area contributed by atoms with Crippen LogP contribution in [0.1, 0.15) is 25.8 Å². The molecule has 0 aliphatic rings. The molecule has 0 saturated carbocycles. The van der Waals surface area contributed by atoms with Gasteiger partial charge in [-0.15, -0.1) is 0 Å². The van der Waals surface area contributed by atoms with Crippen LogP contribution in [-0.2, 0) is 13.0 Å². The van der Waals surface area contributed by atoms with Crippen molar-refractivity contribution in [3.05, 3.63) is 96.7 Å². The van der Waals surface area contributed by atoms with E-state index in [9.17, 15) is 4.79 Å². The normalized spacial score (nSPS) is 11.9. The van der Waals surface area contributed by atoms with Crippen LogP contribution < -0.4 is 10.2 Å². The summed E-state index contributed by atoms with van der Waals surface area (Å²) in [5.41, 5.74) is 4.31. The van der Waals surface area contributed by atoms with E-state index in [2.05, 4.69) is 54.2 Å². The molecule has 2 amide bonds. The number of aromatic nitrogens is 1. The molecule has 0 saturated heterocycles. The standard InChI is InChI=1S/C27H29N3O/c1-3-29-20-22(25-16-10-11-17-26(25)29)19-18-21(2)28-27(31)30(23-12-6-4-7-13-23)24-14-8-5-9-15-24/h4-17,20-21H,3,18-19H2,1-2H3,(H,28,31). The van der Waals surface area contributed by atoms with Crippen molar-refractivity contribution < 1.29 is 4.79 Å². The second kappa shape index (κ2) is 9.52. The van der Waals surface area contributed by atoms with Crippen molar-refractivity contribution in [3.8, 4) is 0 Å². The van der Waals surface area contributed by atoms with Crippen LogP contribution in [0, 0.1) is 0 Å². The second-order valence-electron chi connectivity index (χ2n) is 7.85. The summed E-state index contributed by atoms with van der Waals surface area (Å²) >= 11 is 0. The van der Waals surface area contributed by atoms with Crippen molar-refractivity contribution in [2.24, 2.45) is 0 Å². The van der Waals surface area contributed by atoms with Crippen LogP contribution in [0.5, 0.6) is 0 Å². The Hall–Kier alpha value is -3.53. The molecule has 3 aromatic carbocycles. The number of carbonyl (C=O) groups is 1. The number of nitrogens with one attached hydrogen (secondary N) is 1. The summed E-state index contributed by atoms with van der Waals surface area (Å²) in [4.78, 5) is 15.0. The van der Waals surface area contributed by atoms with Crippen molar-refractivity contribution in [2.45, 2.75) is 39.3 Å². The Labute approximate surface area is 184 Å². The molecule has 0 aliphatic heterocycles. The Morgan fingerprint density at radius 2 is 1.48 bits per heavy atom. The second-order valence-corrected chi connectivity index (χ2v) is 7.85. The minimum atomic E-state index is -0.110. The lowest BCUT2D eigenvalue weighted by Crippen LogP contribution is -2.41. The lowest BCUT2D eigenvalue weighted by molar-refractivity contribution is 0.245. The van der Waals surface area contributed by atoms with E-state index in [0.717, 1.165) is 30.8 Å². The van der Waals surface area contributed by atoms with Crippen LogP contribution in [0.2, 0.25) is 0 Å². The molecule has 4 aromatic rings. The quantitative estimate of drug-likeness (QED) is 0.369. The fourth-order valence-electron chi connectivity index (χ4n) is 4.04. The first-order chi connectivity index (χ1) is 15.2. The number of hydrogen-bond acceptors (Lipinski definition) is 1.